The summed E-state index contributed by atoms with van der Waals surface area (Å²) in [5.41, 5.74) is 6.67. The summed E-state index contributed by atoms with van der Waals surface area (Å²) in [7, 11) is 0. The highest BCUT2D eigenvalue weighted by Gasteiger charge is 2.18. The number of nitrogens with zero attached hydrogens (tertiary/aromatic N) is 3. The molecule has 0 aromatic carbocycles. The molecule has 1 aromatic rings. The van der Waals surface area contributed by atoms with Gasteiger partial charge in [-0.15, -0.1) is 0 Å². The van der Waals surface area contributed by atoms with Gasteiger partial charge in [-0.25, -0.2) is 9.97 Å². The Labute approximate surface area is 108 Å². The van der Waals surface area contributed by atoms with Crippen LogP contribution in [0.15, 0.2) is 6.07 Å². The van der Waals surface area contributed by atoms with Gasteiger partial charge in [0.05, 0.1) is 0 Å². The highest BCUT2D eigenvalue weighted by Crippen LogP contribution is 2.10. The first kappa shape index (κ1) is 14.4. The lowest BCUT2D eigenvalue weighted by molar-refractivity contribution is 0.0734. The molecule has 0 radical (unpaired) electrons. The van der Waals surface area contributed by atoms with E-state index in [1.54, 1.807) is 17.9 Å². The standard InChI is InChI=1S/C13H22N4O/c1-5-9(3)8-17(6-2)12(18)11-7-10(4)15-13(14)16-11/h7,9H,5-6,8H2,1-4H3,(H2,14,15,16). The number of rotatable bonds is 5. The molecule has 1 unspecified atom stereocenters. The van der Waals surface area contributed by atoms with Crippen LogP contribution in [0.1, 0.15) is 43.4 Å². The molecule has 0 aliphatic rings. The van der Waals surface area contributed by atoms with E-state index in [-0.39, 0.29) is 11.9 Å². The van der Waals surface area contributed by atoms with Crippen LogP contribution in [0.3, 0.4) is 0 Å². The zero-order valence-corrected chi connectivity index (χ0v) is 11.6. The van der Waals surface area contributed by atoms with Crippen molar-refractivity contribution in [2.45, 2.75) is 34.1 Å². The SMILES string of the molecule is CCC(C)CN(CC)C(=O)c1cc(C)nc(N)n1. The summed E-state index contributed by atoms with van der Waals surface area (Å²) >= 11 is 0. The van der Waals surface area contributed by atoms with Crippen LogP contribution in [0.2, 0.25) is 0 Å². The minimum Gasteiger partial charge on any atom is -0.368 e. The van der Waals surface area contributed by atoms with Gasteiger partial charge in [-0.2, -0.15) is 0 Å². The first-order chi connectivity index (χ1) is 8.47. The Balaban J connectivity index is 2.89. The van der Waals surface area contributed by atoms with Crippen LogP contribution in [0.25, 0.3) is 0 Å². The lowest BCUT2D eigenvalue weighted by atomic mass is 10.1. The second-order valence-electron chi connectivity index (χ2n) is 4.61. The minimum atomic E-state index is -0.0741. The summed E-state index contributed by atoms with van der Waals surface area (Å²) in [4.78, 5) is 22.1. The molecule has 1 rings (SSSR count). The van der Waals surface area contributed by atoms with Crippen molar-refractivity contribution >= 4 is 11.9 Å². The van der Waals surface area contributed by atoms with Crippen molar-refractivity contribution in [1.29, 1.82) is 0 Å². The first-order valence-corrected chi connectivity index (χ1v) is 6.38. The van der Waals surface area contributed by atoms with E-state index < -0.39 is 0 Å². The molecule has 1 atom stereocenters. The average Bonchev–Trinajstić information content (AvgIpc) is 2.33. The van der Waals surface area contributed by atoms with Crippen LogP contribution in [0, 0.1) is 12.8 Å². The number of carbonyl (C=O) groups is 1. The molecule has 0 aliphatic heterocycles. The number of nitrogens with two attached hydrogens (primary N) is 1. The molecule has 0 saturated heterocycles. The fraction of sp³-hybridized carbons (Fsp3) is 0.615. The molecule has 0 saturated carbocycles. The van der Waals surface area contributed by atoms with Crippen molar-refractivity contribution < 1.29 is 4.79 Å². The molecular weight excluding hydrogens is 228 g/mol. The lowest BCUT2D eigenvalue weighted by Crippen LogP contribution is -2.35. The maximum absolute atomic E-state index is 12.3. The number of amides is 1. The second-order valence-corrected chi connectivity index (χ2v) is 4.61. The van der Waals surface area contributed by atoms with E-state index in [2.05, 4.69) is 23.8 Å². The summed E-state index contributed by atoms with van der Waals surface area (Å²) in [6.45, 7) is 9.45. The van der Waals surface area contributed by atoms with Gasteiger partial charge in [-0.1, -0.05) is 20.3 Å². The highest BCUT2D eigenvalue weighted by atomic mass is 16.2. The van der Waals surface area contributed by atoms with E-state index in [0.717, 1.165) is 13.0 Å². The largest absolute Gasteiger partial charge is 0.368 e. The Morgan fingerprint density at radius 3 is 2.61 bits per heavy atom. The Kier molecular flexibility index (Phi) is 5.07. The van der Waals surface area contributed by atoms with Gasteiger partial charge in [0.15, 0.2) is 0 Å². The summed E-state index contributed by atoms with van der Waals surface area (Å²) in [6.07, 6.45) is 1.05. The Morgan fingerprint density at radius 2 is 2.11 bits per heavy atom. The van der Waals surface area contributed by atoms with Gasteiger partial charge < -0.3 is 10.6 Å². The quantitative estimate of drug-likeness (QED) is 0.866. The van der Waals surface area contributed by atoms with Gasteiger partial charge >= 0.3 is 0 Å². The monoisotopic (exact) mass is 250 g/mol. The van der Waals surface area contributed by atoms with Gasteiger partial charge in [0.25, 0.3) is 5.91 Å². The number of nitrogen functional groups attached to an aromatic ring is 1. The van der Waals surface area contributed by atoms with Crippen LogP contribution in [-0.4, -0.2) is 33.9 Å². The number of anilines is 1. The molecule has 5 heteroatoms. The van der Waals surface area contributed by atoms with E-state index in [4.69, 9.17) is 5.73 Å². The van der Waals surface area contributed by atoms with Gasteiger partial charge in [-0.3, -0.25) is 4.79 Å². The third-order valence-corrected chi connectivity index (χ3v) is 2.99. The van der Waals surface area contributed by atoms with Crippen molar-refractivity contribution in [2.75, 3.05) is 18.8 Å². The zero-order valence-electron chi connectivity index (χ0n) is 11.6. The van der Waals surface area contributed by atoms with Gasteiger partial charge in [-0.05, 0) is 25.8 Å². The van der Waals surface area contributed by atoms with E-state index in [1.165, 1.54) is 0 Å². The topological polar surface area (TPSA) is 72.1 Å². The normalized spacial score (nSPS) is 12.2. The number of aryl methyl sites for hydroxylation is 1. The van der Waals surface area contributed by atoms with Crippen molar-refractivity contribution in [1.82, 2.24) is 14.9 Å². The van der Waals surface area contributed by atoms with Gasteiger partial charge in [0.1, 0.15) is 5.69 Å². The highest BCUT2D eigenvalue weighted by molar-refractivity contribution is 5.92. The Morgan fingerprint density at radius 1 is 1.44 bits per heavy atom. The average molecular weight is 250 g/mol. The molecule has 0 fully saturated rings. The van der Waals surface area contributed by atoms with Crippen molar-refractivity contribution in [3.8, 4) is 0 Å². The van der Waals surface area contributed by atoms with E-state index in [0.29, 0.717) is 23.9 Å². The smallest absolute Gasteiger partial charge is 0.272 e. The summed E-state index contributed by atoms with van der Waals surface area (Å²) in [5.74, 6) is 0.558. The van der Waals surface area contributed by atoms with Crippen LogP contribution >= 0.6 is 0 Å². The van der Waals surface area contributed by atoms with Crippen molar-refractivity contribution in [3.05, 3.63) is 17.5 Å². The maximum Gasteiger partial charge on any atom is 0.272 e. The third kappa shape index (κ3) is 3.68. The number of carbonyl (C=O) groups excluding carboxylic acids is 1. The fourth-order valence-electron chi connectivity index (χ4n) is 1.72. The Bertz CT molecular complexity index is 399. The molecule has 1 amide bonds. The maximum atomic E-state index is 12.3. The molecule has 1 heterocycles. The summed E-state index contributed by atoms with van der Waals surface area (Å²) in [5, 5.41) is 0. The predicted octanol–water partition coefficient (Wildman–Crippen LogP) is 1.88. The second kappa shape index (κ2) is 6.33. The van der Waals surface area contributed by atoms with Crippen molar-refractivity contribution in [3.63, 3.8) is 0 Å². The molecular formula is C13H22N4O. The number of hydrogen-bond donors (Lipinski definition) is 1. The van der Waals surface area contributed by atoms with Gasteiger partial charge in [0, 0.05) is 18.8 Å². The van der Waals surface area contributed by atoms with E-state index in [1.807, 2.05) is 6.92 Å². The van der Waals surface area contributed by atoms with Crippen LogP contribution < -0.4 is 5.73 Å². The zero-order chi connectivity index (χ0) is 13.7. The molecule has 18 heavy (non-hydrogen) atoms. The predicted molar refractivity (Wildman–Crippen MR) is 72.2 cm³/mol. The molecule has 0 aliphatic carbocycles. The molecule has 2 N–H and O–H groups in total. The molecule has 0 bridgehead atoms. The van der Waals surface area contributed by atoms with Crippen LogP contribution in [0.4, 0.5) is 5.95 Å². The van der Waals surface area contributed by atoms with Crippen molar-refractivity contribution in [2.24, 2.45) is 5.92 Å². The number of aromatic nitrogens is 2. The molecule has 100 valence electrons. The molecule has 1 aromatic heterocycles. The fourth-order valence-corrected chi connectivity index (χ4v) is 1.72. The molecule has 5 nitrogen and oxygen atoms in total. The van der Waals surface area contributed by atoms with Crippen LogP contribution in [-0.2, 0) is 0 Å². The van der Waals surface area contributed by atoms with Gasteiger partial charge in [0.2, 0.25) is 5.95 Å². The molecule has 0 spiro atoms. The minimum absolute atomic E-state index is 0.0741. The lowest BCUT2D eigenvalue weighted by Gasteiger charge is -2.23. The van der Waals surface area contributed by atoms with E-state index >= 15 is 0 Å². The van der Waals surface area contributed by atoms with E-state index in [9.17, 15) is 4.79 Å². The number of hydrogen-bond acceptors (Lipinski definition) is 4. The summed E-state index contributed by atoms with van der Waals surface area (Å²) in [6, 6.07) is 1.68. The third-order valence-electron chi connectivity index (χ3n) is 2.99. The summed E-state index contributed by atoms with van der Waals surface area (Å²) < 4.78 is 0. The Hall–Kier alpha value is -1.65. The van der Waals surface area contributed by atoms with Crippen LogP contribution in [0.5, 0.6) is 0 Å². The first-order valence-electron chi connectivity index (χ1n) is 6.38.